The van der Waals surface area contributed by atoms with Crippen LogP contribution in [0, 0.1) is 6.92 Å². The first kappa shape index (κ1) is 14.8. The summed E-state index contributed by atoms with van der Waals surface area (Å²) in [5, 5.41) is 7.41. The van der Waals surface area contributed by atoms with Gasteiger partial charge in [0, 0.05) is 31.2 Å². The Bertz CT molecular complexity index is 624. The number of pyridine rings is 1. The molecule has 0 atom stereocenters. The van der Waals surface area contributed by atoms with Crippen molar-refractivity contribution in [1.29, 1.82) is 0 Å². The average molecular weight is 323 g/mol. The highest BCUT2D eigenvalue weighted by atomic mass is 35.5. The fourth-order valence-electron chi connectivity index (χ4n) is 2.16. The van der Waals surface area contributed by atoms with Gasteiger partial charge in [-0.3, -0.25) is 0 Å². The first-order valence-electron chi connectivity index (χ1n) is 7.12. The van der Waals surface area contributed by atoms with Gasteiger partial charge in [-0.1, -0.05) is 11.6 Å². The fraction of sp³-hybridized carbons (Fsp3) is 0.467. The zero-order valence-corrected chi connectivity index (χ0v) is 13.8. The van der Waals surface area contributed by atoms with Gasteiger partial charge in [0.15, 0.2) is 0 Å². The number of nitrogens with one attached hydrogen (secondary N) is 1. The van der Waals surface area contributed by atoms with E-state index in [-0.39, 0.29) is 0 Å². The minimum absolute atomic E-state index is 0.674. The number of hydrogen-bond donors (Lipinski definition) is 1. The molecule has 2 aromatic rings. The van der Waals surface area contributed by atoms with E-state index in [1.54, 1.807) is 17.5 Å². The van der Waals surface area contributed by atoms with Crippen LogP contribution in [0.2, 0.25) is 5.02 Å². The maximum absolute atomic E-state index is 6.24. The second-order valence-corrected chi connectivity index (χ2v) is 6.97. The molecule has 0 unspecified atom stereocenters. The van der Waals surface area contributed by atoms with Gasteiger partial charge in [-0.25, -0.2) is 9.97 Å². The van der Waals surface area contributed by atoms with Gasteiger partial charge in [-0.2, -0.15) is 0 Å². The molecular weight excluding hydrogens is 304 g/mol. The Morgan fingerprint density at radius 2 is 2.29 bits per heavy atom. The lowest BCUT2D eigenvalue weighted by atomic mass is 10.2. The molecule has 1 saturated carbocycles. The number of rotatable bonds is 6. The topological polar surface area (TPSA) is 41.1 Å². The molecule has 0 spiro atoms. The van der Waals surface area contributed by atoms with Crippen LogP contribution in [0.1, 0.15) is 29.1 Å². The third-order valence-electron chi connectivity index (χ3n) is 3.54. The predicted octanol–water partition coefficient (Wildman–Crippen LogP) is 3.39. The summed E-state index contributed by atoms with van der Waals surface area (Å²) >= 11 is 7.91. The zero-order valence-electron chi connectivity index (χ0n) is 12.3. The van der Waals surface area contributed by atoms with E-state index in [2.05, 4.69) is 31.6 Å². The van der Waals surface area contributed by atoms with Crippen molar-refractivity contribution < 1.29 is 0 Å². The fourth-order valence-corrected chi connectivity index (χ4v) is 2.93. The van der Waals surface area contributed by atoms with Gasteiger partial charge in [0.25, 0.3) is 0 Å². The van der Waals surface area contributed by atoms with Crippen molar-refractivity contribution in [3.63, 3.8) is 0 Å². The van der Waals surface area contributed by atoms with Crippen LogP contribution in [0.4, 0.5) is 5.82 Å². The third-order valence-corrected chi connectivity index (χ3v) is 4.70. The molecule has 0 saturated heterocycles. The van der Waals surface area contributed by atoms with Crippen LogP contribution in [0.15, 0.2) is 17.6 Å². The maximum Gasteiger partial charge on any atom is 0.128 e. The van der Waals surface area contributed by atoms with Gasteiger partial charge in [-0.05, 0) is 31.4 Å². The van der Waals surface area contributed by atoms with Gasteiger partial charge in [0.05, 0.1) is 22.3 Å². The Labute approximate surface area is 134 Å². The molecule has 6 heteroatoms. The van der Waals surface area contributed by atoms with Crippen LogP contribution in [0.5, 0.6) is 0 Å². The quantitative estimate of drug-likeness (QED) is 0.885. The highest BCUT2D eigenvalue weighted by Gasteiger charge is 2.20. The Morgan fingerprint density at radius 3 is 2.95 bits per heavy atom. The Balaban J connectivity index is 1.69. The van der Waals surface area contributed by atoms with Crippen molar-refractivity contribution in [3.05, 3.63) is 38.9 Å². The summed E-state index contributed by atoms with van der Waals surface area (Å²) in [5.41, 5.74) is 2.18. The van der Waals surface area contributed by atoms with E-state index in [9.17, 15) is 0 Å². The minimum atomic E-state index is 0.674. The van der Waals surface area contributed by atoms with E-state index in [1.807, 2.05) is 14.0 Å². The highest BCUT2D eigenvalue weighted by Crippen LogP contribution is 2.24. The smallest absolute Gasteiger partial charge is 0.128 e. The number of nitrogens with zero attached hydrogens (tertiary/aromatic N) is 3. The Kier molecular flexibility index (Phi) is 4.42. The second-order valence-electron chi connectivity index (χ2n) is 5.50. The zero-order chi connectivity index (χ0) is 14.8. The normalized spacial score (nSPS) is 14.4. The second kappa shape index (κ2) is 6.30. The summed E-state index contributed by atoms with van der Waals surface area (Å²) in [6, 6.07) is 2.74. The molecule has 112 valence electrons. The summed E-state index contributed by atoms with van der Waals surface area (Å²) in [5.74, 6) is 0.928. The summed E-state index contributed by atoms with van der Waals surface area (Å²) in [4.78, 5) is 11.0. The molecule has 2 aromatic heterocycles. The summed E-state index contributed by atoms with van der Waals surface area (Å²) in [7, 11) is 2.03. The van der Waals surface area contributed by atoms with Crippen molar-refractivity contribution in [1.82, 2.24) is 15.3 Å². The molecule has 0 amide bonds. The van der Waals surface area contributed by atoms with Gasteiger partial charge in [-0.15, -0.1) is 11.3 Å². The first-order chi connectivity index (χ1) is 10.1. The van der Waals surface area contributed by atoms with E-state index in [0.29, 0.717) is 6.04 Å². The minimum Gasteiger partial charge on any atom is -0.354 e. The molecular formula is C15H19ClN4S. The number of halogens is 1. The van der Waals surface area contributed by atoms with Crippen molar-refractivity contribution >= 4 is 28.8 Å². The van der Waals surface area contributed by atoms with Gasteiger partial charge >= 0.3 is 0 Å². The third kappa shape index (κ3) is 3.93. The lowest BCUT2D eigenvalue weighted by Gasteiger charge is -2.18. The molecule has 0 bridgehead atoms. The van der Waals surface area contributed by atoms with Crippen LogP contribution in [0.25, 0.3) is 0 Å². The van der Waals surface area contributed by atoms with Crippen molar-refractivity contribution in [2.24, 2.45) is 0 Å². The van der Waals surface area contributed by atoms with E-state index in [4.69, 9.17) is 11.6 Å². The van der Waals surface area contributed by atoms with Gasteiger partial charge in [0.1, 0.15) is 5.82 Å². The average Bonchev–Trinajstić information content (AvgIpc) is 3.20. The number of aromatic nitrogens is 2. The van der Waals surface area contributed by atoms with E-state index in [1.165, 1.54) is 12.8 Å². The summed E-state index contributed by atoms with van der Waals surface area (Å²) in [6.07, 6.45) is 4.29. The van der Waals surface area contributed by atoms with Crippen LogP contribution in [0.3, 0.4) is 0 Å². The number of anilines is 1. The molecule has 4 nitrogen and oxygen atoms in total. The molecule has 1 aliphatic carbocycles. The Hall–Kier alpha value is -1.17. The number of aryl methyl sites for hydroxylation is 1. The first-order valence-corrected chi connectivity index (χ1v) is 8.37. The van der Waals surface area contributed by atoms with Crippen molar-refractivity contribution in [2.45, 2.75) is 38.9 Å². The maximum atomic E-state index is 6.24. The Morgan fingerprint density at radius 1 is 1.48 bits per heavy atom. The largest absolute Gasteiger partial charge is 0.354 e. The standard InChI is InChI=1S/C15H19ClN4S/c1-10-19-13(9-21-10)8-20(2)15-5-11(14(16)7-18-15)6-17-12-3-4-12/h5,7,9,12,17H,3-4,6,8H2,1-2H3. The van der Waals surface area contributed by atoms with Gasteiger partial charge in [0.2, 0.25) is 0 Å². The van der Waals surface area contributed by atoms with Crippen LogP contribution >= 0.6 is 22.9 Å². The number of hydrogen-bond acceptors (Lipinski definition) is 5. The van der Waals surface area contributed by atoms with Gasteiger partial charge < -0.3 is 10.2 Å². The van der Waals surface area contributed by atoms with E-state index in [0.717, 1.165) is 40.2 Å². The highest BCUT2D eigenvalue weighted by molar-refractivity contribution is 7.09. The van der Waals surface area contributed by atoms with Crippen molar-refractivity contribution in [2.75, 3.05) is 11.9 Å². The molecule has 1 aliphatic rings. The SMILES string of the molecule is Cc1nc(CN(C)c2cc(CNC3CC3)c(Cl)cn2)cs1. The lowest BCUT2D eigenvalue weighted by Crippen LogP contribution is -2.20. The summed E-state index contributed by atoms with van der Waals surface area (Å²) in [6.45, 7) is 3.59. The lowest BCUT2D eigenvalue weighted by molar-refractivity contribution is 0.686. The van der Waals surface area contributed by atoms with Crippen LogP contribution in [-0.4, -0.2) is 23.1 Å². The van der Waals surface area contributed by atoms with E-state index >= 15 is 0 Å². The van der Waals surface area contributed by atoms with Crippen LogP contribution in [-0.2, 0) is 13.1 Å². The molecule has 21 heavy (non-hydrogen) atoms. The monoisotopic (exact) mass is 322 g/mol. The molecule has 1 fully saturated rings. The van der Waals surface area contributed by atoms with Crippen LogP contribution < -0.4 is 10.2 Å². The predicted molar refractivity (Wildman–Crippen MR) is 88.1 cm³/mol. The molecule has 0 radical (unpaired) electrons. The van der Waals surface area contributed by atoms with E-state index < -0.39 is 0 Å². The molecule has 0 aliphatic heterocycles. The molecule has 1 N–H and O–H groups in total. The molecule has 3 rings (SSSR count). The molecule has 2 heterocycles. The van der Waals surface area contributed by atoms with Crippen molar-refractivity contribution in [3.8, 4) is 0 Å². The molecule has 0 aromatic carbocycles. The number of thiazole rings is 1. The summed E-state index contributed by atoms with van der Waals surface area (Å²) < 4.78 is 0.